The van der Waals surface area contributed by atoms with Crippen LogP contribution in [0.5, 0.6) is 11.5 Å². The summed E-state index contributed by atoms with van der Waals surface area (Å²) in [6, 6.07) is 8.06. The summed E-state index contributed by atoms with van der Waals surface area (Å²) in [5, 5.41) is 7.83. The Kier molecular flexibility index (Phi) is 4.02. The highest BCUT2D eigenvalue weighted by Gasteiger charge is 2.14. The SMILES string of the molecule is Cc1cccc(Oc2cnn(CC3CCCNC3)c2)c1. The molecular formula is C16H21N3O. The normalized spacial score (nSPS) is 18.9. The van der Waals surface area contributed by atoms with E-state index in [4.69, 9.17) is 4.74 Å². The molecule has 1 aliphatic rings. The van der Waals surface area contributed by atoms with Crippen molar-refractivity contribution in [3.8, 4) is 11.5 Å². The maximum atomic E-state index is 5.83. The molecule has 4 heteroatoms. The number of rotatable bonds is 4. The van der Waals surface area contributed by atoms with Crippen molar-refractivity contribution in [3.05, 3.63) is 42.2 Å². The minimum Gasteiger partial charge on any atom is -0.454 e. The van der Waals surface area contributed by atoms with Gasteiger partial charge in [0.15, 0.2) is 5.75 Å². The van der Waals surface area contributed by atoms with E-state index in [2.05, 4.69) is 23.4 Å². The van der Waals surface area contributed by atoms with Crippen LogP contribution in [0.3, 0.4) is 0 Å². The third kappa shape index (κ3) is 3.39. The van der Waals surface area contributed by atoms with Crippen LogP contribution in [0, 0.1) is 12.8 Å². The second-order valence-electron chi connectivity index (χ2n) is 5.53. The maximum Gasteiger partial charge on any atom is 0.165 e. The minimum absolute atomic E-state index is 0.676. The van der Waals surface area contributed by atoms with E-state index in [-0.39, 0.29) is 0 Å². The van der Waals surface area contributed by atoms with E-state index >= 15 is 0 Å². The summed E-state index contributed by atoms with van der Waals surface area (Å²) in [6.07, 6.45) is 6.31. The van der Waals surface area contributed by atoms with Crippen LogP contribution in [0.25, 0.3) is 0 Å². The van der Waals surface area contributed by atoms with Gasteiger partial charge in [0.05, 0.1) is 12.4 Å². The van der Waals surface area contributed by atoms with Gasteiger partial charge in [0.25, 0.3) is 0 Å². The van der Waals surface area contributed by atoms with Crippen molar-refractivity contribution in [1.82, 2.24) is 15.1 Å². The molecule has 2 aromatic rings. The van der Waals surface area contributed by atoms with Gasteiger partial charge in [-0.15, -0.1) is 0 Å². The molecular weight excluding hydrogens is 250 g/mol. The molecule has 1 fully saturated rings. The molecule has 0 spiro atoms. The standard InChI is InChI=1S/C16H21N3O/c1-13-4-2-6-15(8-13)20-16-10-18-19(12-16)11-14-5-3-7-17-9-14/h2,4,6,8,10,12,14,17H,3,5,7,9,11H2,1H3. The zero-order valence-electron chi connectivity index (χ0n) is 11.9. The predicted molar refractivity (Wildman–Crippen MR) is 79.1 cm³/mol. The zero-order chi connectivity index (χ0) is 13.8. The summed E-state index contributed by atoms with van der Waals surface area (Å²) < 4.78 is 7.82. The maximum absolute atomic E-state index is 5.83. The Balaban J connectivity index is 1.61. The van der Waals surface area contributed by atoms with Gasteiger partial charge in [0.1, 0.15) is 5.75 Å². The van der Waals surface area contributed by atoms with Gasteiger partial charge >= 0.3 is 0 Å². The zero-order valence-corrected chi connectivity index (χ0v) is 11.9. The highest BCUT2D eigenvalue weighted by atomic mass is 16.5. The molecule has 1 aromatic heterocycles. The number of hydrogen-bond donors (Lipinski definition) is 1. The van der Waals surface area contributed by atoms with Crippen LogP contribution in [0.2, 0.25) is 0 Å². The molecule has 1 atom stereocenters. The summed E-state index contributed by atoms with van der Waals surface area (Å²) in [7, 11) is 0. The predicted octanol–water partition coefficient (Wildman–Crippen LogP) is 2.98. The first-order valence-corrected chi connectivity index (χ1v) is 7.27. The van der Waals surface area contributed by atoms with Gasteiger partial charge in [0, 0.05) is 6.54 Å². The Morgan fingerprint density at radius 1 is 1.40 bits per heavy atom. The van der Waals surface area contributed by atoms with E-state index in [0.29, 0.717) is 5.92 Å². The third-order valence-electron chi connectivity index (χ3n) is 3.68. The molecule has 1 unspecified atom stereocenters. The smallest absolute Gasteiger partial charge is 0.165 e. The average molecular weight is 271 g/mol. The van der Waals surface area contributed by atoms with Crippen LogP contribution in [-0.2, 0) is 6.54 Å². The first-order valence-electron chi connectivity index (χ1n) is 7.27. The fraction of sp³-hybridized carbons (Fsp3) is 0.438. The van der Waals surface area contributed by atoms with Gasteiger partial charge in [-0.1, -0.05) is 12.1 Å². The quantitative estimate of drug-likeness (QED) is 0.929. The molecule has 2 heterocycles. The van der Waals surface area contributed by atoms with Crippen LogP contribution in [-0.4, -0.2) is 22.9 Å². The lowest BCUT2D eigenvalue weighted by Crippen LogP contribution is -2.32. The molecule has 0 radical (unpaired) electrons. The van der Waals surface area contributed by atoms with Crippen molar-refractivity contribution in [2.24, 2.45) is 5.92 Å². The minimum atomic E-state index is 0.676. The number of benzene rings is 1. The summed E-state index contributed by atoms with van der Waals surface area (Å²) in [6.45, 7) is 5.27. The molecule has 1 saturated heterocycles. The van der Waals surface area contributed by atoms with Crippen molar-refractivity contribution < 1.29 is 4.74 Å². The molecule has 20 heavy (non-hydrogen) atoms. The van der Waals surface area contributed by atoms with Crippen LogP contribution in [0.4, 0.5) is 0 Å². The van der Waals surface area contributed by atoms with E-state index in [1.165, 1.54) is 18.4 Å². The van der Waals surface area contributed by atoms with Crippen molar-refractivity contribution in [3.63, 3.8) is 0 Å². The summed E-state index contributed by atoms with van der Waals surface area (Å²) in [5.74, 6) is 2.35. The van der Waals surface area contributed by atoms with Crippen molar-refractivity contribution in [1.29, 1.82) is 0 Å². The Morgan fingerprint density at radius 2 is 2.35 bits per heavy atom. The van der Waals surface area contributed by atoms with E-state index in [0.717, 1.165) is 31.1 Å². The largest absolute Gasteiger partial charge is 0.454 e. The number of ether oxygens (including phenoxy) is 1. The molecule has 1 aliphatic heterocycles. The van der Waals surface area contributed by atoms with Crippen LogP contribution in [0.1, 0.15) is 18.4 Å². The van der Waals surface area contributed by atoms with E-state index in [9.17, 15) is 0 Å². The number of aryl methyl sites for hydroxylation is 1. The molecule has 0 aliphatic carbocycles. The summed E-state index contributed by atoms with van der Waals surface area (Å²) in [5.41, 5.74) is 1.20. The number of nitrogens with one attached hydrogen (secondary N) is 1. The lowest BCUT2D eigenvalue weighted by Gasteiger charge is -2.22. The number of nitrogens with zero attached hydrogens (tertiary/aromatic N) is 2. The van der Waals surface area contributed by atoms with Crippen molar-refractivity contribution >= 4 is 0 Å². The topological polar surface area (TPSA) is 39.1 Å². The molecule has 0 bridgehead atoms. The summed E-state index contributed by atoms with van der Waals surface area (Å²) in [4.78, 5) is 0. The molecule has 0 amide bonds. The fourth-order valence-electron chi connectivity index (χ4n) is 2.66. The molecule has 1 N–H and O–H groups in total. The van der Waals surface area contributed by atoms with Gasteiger partial charge in [-0.05, 0) is 56.5 Å². The molecule has 106 valence electrons. The van der Waals surface area contributed by atoms with Gasteiger partial charge in [-0.3, -0.25) is 4.68 Å². The Morgan fingerprint density at radius 3 is 3.15 bits per heavy atom. The Hall–Kier alpha value is -1.81. The molecule has 4 nitrogen and oxygen atoms in total. The Labute approximate surface area is 119 Å². The van der Waals surface area contributed by atoms with Crippen molar-refractivity contribution in [2.45, 2.75) is 26.3 Å². The van der Waals surface area contributed by atoms with Crippen LogP contribution < -0.4 is 10.1 Å². The first kappa shape index (κ1) is 13.2. The fourth-order valence-corrected chi connectivity index (χ4v) is 2.66. The second kappa shape index (κ2) is 6.09. The van der Waals surface area contributed by atoms with Crippen LogP contribution in [0.15, 0.2) is 36.7 Å². The van der Waals surface area contributed by atoms with Gasteiger partial charge in [-0.2, -0.15) is 5.10 Å². The van der Waals surface area contributed by atoms with E-state index in [1.54, 1.807) is 6.20 Å². The number of hydrogen-bond acceptors (Lipinski definition) is 3. The molecule has 1 aromatic carbocycles. The highest BCUT2D eigenvalue weighted by Crippen LogP contribution is 2.22. The lowest BCUT2D eigenvalue weighted by molar-refractivity contribution is 0.325. The lowest BCUT2D eigenvalue weighted by atomic mass is 10.00. The first-order chi connectivity index (χ1) is 9.79. The summed E-state index contributed by atoms with van der Waals surface area (Å²) >= 11 is 0. The number of aromatic nitrogens is 2. The molecule has 3 rings (SSSR count). The van der Waals surface area contributed by atoms with Crippen molar-refractivity contribution in [2.75, 3.05) is 13.1 Å². The average Bonchev–Trinajstić information content (AvgIpc) is 2.87. The third-order valence-corrected chi connectivity index (χ3v) is 3.68. The second-order valence-corrected chi connectivity index (χ2v) is 5.53. The van der Waals surface area contributed by atoms with E-state index in [1.807, 2.05) is 29.1 Å². The Bertz CT molecular complexity index is 558. The number of piperidine rings is 1. The van der Waals surface area contributed by atoms with Gasteiger partial charge in [-0.25, -0.2) is 0 Å². The highest BCUT2D eigenvalue weighted by molar-refractivity contribution is 5.31. The van der Waals surface area contributed by atoms with Gasteiger partial charge < -0.3 is 10.1 Å². The monoisotopic (exact) mass is 271 g/mol. The van der Waals surface area contributed by atoms with Gasteiger partial charge in [0.2, 0.25) is 0 Å². The van der Waals surface area contributed by atoms with E-state index < -0.39 is 0 Å². The molecule has 0 saturated carbocycles. The van der Waals surface area contributed by atoms with Crippen LogP contribution >= 0.6 is 0 Å².